The van der Waals surface area contributed by atoms with Crippen molar-refractivity contribution in [3.8, 4) is 5.75 Å². The van der Waals surface area contributed by atoms with Crippen LogP contribution in [0.3, 0.4) is 0 Å². The first-order valence-corrected chi connectivity index (χ1v) is 5.24. The van der Waals surface area contributed by atoms with Crippen molar-refractivity contribution < 1.29 is 9.84 Å². The van der Waals surface area contributed by atoms with Crippen LogP contribution in [0, 0.1) is 0 Å². The van der Waals surface area contributed by atoms with Crippen molar-refractivity contribution >= 4 is 11.6 Å². The fourth-order valence-electron chi connectivity index (χ4n) is 2.14. The monoisotopic (exact) mass is 227 g/mol. The Morgan fingerprint density at radius 2 is 2.20 bits per heavy atom. The van der Waals surface area contributed by atoms with Crippen LogP contribution < -0.4 is 10.5 Å². The van der Waals surface area contributed by atoms with E-state index in [2.05, 4.69) is 0 Å². The summed E-state index contributed by atoms with van der Waals surface area (Å²) in [5.74, 6) is 0.692. The van der Waals surface area contributed by atoms with E-state index in [1.807, 2.05) is 12.1 Å². The molecular weight excluding hydrogens is 214 g/mol. The molecule has 4 heteroatoms. The maximum Gasteiger partial charge on any atom is 0.125 e. The zero-order valence-corrected chi connectivity index (χ0v) is 9.29. The normalized spacial score (nSPS) is 29.7. The summed E-state index contributed by atoms with van der Waals surface area (Å²) < 4.78 is 5.24. The van der Waals surface area contributed by atoms with Crippen LogP contribution in [0.15, 0.2) is 18.2 Å². The highest BCUT2D eigenvalue weighted by molar-refractivity contribution is 6.31. The third kappa shape index (κ3) is 1.71. The Hall–Kier alpha value is -0.770. The molecule has 0 atom stereocenters. The number of halogens is 1. The standard InChI is InChI=1S/C11H14ClNO2/c1-15-9-4-2-3-8(12)10(9)11(13)5-7(14)6-11/h2-4,7,14H,5-6,13H2,1H3. The Labute approximate surface area is 93.8 Å². The van der Waals surface area contributed by atoms with Crippen molar-refractivity contribution in [2.45, 2.75) is 24.5 Å². The lowest BCUT2D eigenvalue weighted by Gasteiger charge is -2.43. The van der Waals surface area contributed by atoms with Gasteiger partial charge in [0.05, 0.1) is 18.8 Å². The van der Waals surface area contributed by atoms with Gasteiger partial charge in [0.1, 0.15) is 5.75 Å². The number of rotatable bonds is 2. The van der Waals surface area contributed by atoms with Crippen molar-refractivity contribution in [2.24, 2.45) is 5.73 Å². The van der Waals surface area contributed by atoms with E-state index in [0.29, 0.717) is 23.6 Å². The zero-order chi connectivity index (χ0) is 11.1. The molecule has 3 N–H and O–H groups in total. The number of methoxy groups -OCH3 is 1. The van der Waals surface area contributed by atoms with Crippen molar-refractivity contribution in [3.05, 3.63) is 28.8 Å². The van der Waals surface area contributed by atoms with E-state index >= 15 is 0 Å². The molecule has 0 aromatic heterocycles. The molecule has 1 aromatic rings. The van der Waals surface area contributed by atoms with Gasteiger partial charge in [-0.15, -0.1) is 0 Å². The number of benzene rings is 1. The minimum absolute atomic E-state index is 0.323. The van der Waals surface area contributed by atoms with Crippen LogP contribution in [0.25, 0.3) is 0 Å². The number of hydrogen-bond acceptors (Lipinski definition) is 3. The SMILES string of the molecule is COc1cccc(Cl)c1C1(N)CC(O)C1. The van der Waals surface area contributed by atoms with Crippen molar-refractivity contribution in [2.75, 3.05) is 7.11 Å². The molecule has 82 valence electrons. The summed E-state index contributed by atoms with van der Waals surface area (Å²) in [6.45, 7) is 0. The van der Waals surface area contributed by atoms with Gasteiger partial charge in [0.15, 0.2) is 0 Å². The molecule has 1 aromatic carbocycles. The van der Waals surface area contributed by atoms with Crippen molar-refractivity contribution in [1.82, 2.24) is 0 Å². The lowest BCUT2D eigenvalue weighted by Crippen LogP contribution is -2.52. The van der Waals surface area contributed by atoms with E-state index in [0.717, 1.165) is 5.56 Å². The smallest absolute Gasteiger partial charge is 0.125 e. The van der Waals surface area contributed by atoms with E-state index in [1.165, 1.54) is 0 Å². The fraction of sp³-hybridized carbons (Fsp3) is 0.455. The molecule has 0 heterocycles. The van der Waals surface area contributed by atoms with Crippen LogP contribution in [-0.2, 0) is 5.54 Å². The van der Waals surface area contributed by atoms with Gasteiger partial charge in [0.2, 0.25) is 0 Å². The van der Waals surface area contributed by atoms with E-state index < -0.39 is 5.54 Å². The van der Waals surface area contributed by atoms with Gasteiger partial charge < -0.3 is 15.6 Å². The molecule has 1 saturated carbocycles. The predicted molar refractivity (Wildman–Crippen MR) is 59.1 cm³/mol. The Balaban J connectivity index is 2.42. The summed E-state index contributed by atoms with van der Waals surface area (Å²) in [4.78, 5) is 0. The summed E-state index contributed by atoms with van der Waals surface area (Å²) in [7, 11) is 1.59. The predicted octanol–water partition coefficient (Wildman–Crippen LogP) is 1.66. The van der Waals surface area contributed by atoms with Crippen LogP contribution in [-0.4, -0.2) is 18.3 Å². The molecule has 3 nitrogen and oxygen atoms in total. The zero-order valence-electron chi connectivity index (χ0n) is 8.53. The maximum atomic E-state index is 9.34. The van der Waals surface area contributed by atoms with Gasteiger partial charge in [-0.1, -0.05) is 17.7 Å². The first kappa shape index (κ1) is 10.7. The van der Waals surface area contributed by atoms with Crippen LogP contribution >= 0.6 is 11.6 Å². The summed E-state index contributed by atoms with van der Waals surface area (Å²) in [6.07, 6.45) is 0.746. The van der Waals surface area contributed by atoms with Crippen LogP contribution in [0.5, 0.6) is 5.75 Å². The van der Waals surface area contributed by atoms with Gasteiger partial charge >= 0.3 is 0 Å². The quantitative estimate of drug-likeness (QED) is 0.808. The van der Waals surface area contributed by atoms with Gasteiger partial charge in [0.25, 0.3) is 0 Å². The molecule has 1 fully saturated rings. The van der Waals surface area contributed by atoms with Crippen molar-refractivity contribution in [3.63, 3.8) is 0 Å². The largest absolute Gasteiger partial charge is 0.496 e. The average Bonchev–Trinajstić information content (AvgIpc) is 2.14. The molecule has 1 aliphatic rings. The van der Waals surface area contributed by atoms with E-state index in [9.17, 15) is 5.11 Å². The van der Waals surface area contributed by atoms with Crippen LogP contribution in [0.4, 0.5) is 0 Å². The molecule has 15 heavy (non-hydrogen) atoms. The first-order valence-electron chi connectivity index (χ1n) is 4.87. The fourth-order valence-corrected chi connectivity index (χ4v) is 2.50. The molecular formula is C11H14ClNO2. The number of hydrogen-bond donors (Lipinski definition) is 2. The first-order chi connectivity index (χ1) is 7.07. The second kappa shape index (κ2) is 3.67. The second-order valence-corrected chi connectivity index (χ2v) is 4.44. The Morgan fingerprint density at radius 1 is 1.53 bits per heavy atom. The highest BCUT2D eigenvalue weighted by Gasteiger charge is 2.44. The minimum Gasteiger partial charge on any atom is -0.496 e. The Kier molecular flexibility index (Phi) is 2.63. The number of aliphatic hydroxyl groups excluding tert-OH is 1. The van der Waals surface area contributed by atoms with E-state index in [1.54, 1.807) is 13.2 Å². The summed E-state index contributed by atoms with van der Waals surface area (Å²) in [6, 6.07) is 5.45. The number of ether oxygens (including phenoxy) is 1. The van der Waals surface area contributed by atoms with Crippen LogP contribution in [0.2, 0.25) is 5.02 Å². The summed E-state index contributed by atoms with van der Waals surface area (Å²) >= 11 is 6.11. The summed E-state index contributed by atoms with van der Waals surface area (Å²) in [5.41, 5.74) is 6.43. The average molecular weight is 228 g/mol. The number of aliphatic hydroxyl groups is 1. The molecule has 1 aliphatic carbocycles. The Morgan fingerprint density at radius 3 is 2.73 bits per heavy atom. The molecule has 0 saturated heterocycles. The molecule has 2 rings (SSSR count). The van der Waals surface area contributed by atoms with Crippen LogP contribution in [0.1, 0.15) is 18.4 Å². The topological polar surface area (TPSA) is 55.5 Å². The molecule has 0 amide bonds. The lowest BCUT2D eigenvalue weighted by atomic mass is 9.70. The molecule has 0 spiro atoms. The van der Waals surface area contributed by atoms with Gasteiger partial charge in [-0.25, -0.2) is 0 Å². The molecule has 0 unspecified atom stereocenters. The second-order valence-electron chi connectivity index (χ2n) is 4.04. The lowest BCUT2D eigenvalue weighted by molar-refractivity contribution is 0.0199. The third-order valence-corrected chi connectivity index (χ3v) is 3.21. The highest BCUT2D eigenvalue weighted by Crippen LogP contribution is 2.45. The molecule has 0 radical (unpaired) electrons. The van der Waals surface area contributed by atoms with E-state index in [4.69, 9.17) is 22.1 Å². The summed E-state index contributed by atoms with van der Waals surface area (Å²) in [5, 5.41) is 9.94. The van der Waals surface area contributed by atoms with Gasteiger partial charge in [-0.2, -0.15) is 0 Å². The molecule has 0 aliphatic heterocycles. The third-order valence-electron chi connectivity index (χ3n) is 2.89. The minimum atomic E-state index is -0.539. The highest BCUT2D eigenvalue weighted by atomic mass is 35.5. The van der Waals surface area contributed by atoms with Crippen molar-refractivity contribution in [1.29, 1.82) is 0 Å². The van der Waals surface area contributed by atoms with Gasteiger partial charge in [-0.3, -0.25) is 0 Å². The van der Waals surface area contributed by atoms with Gasteiger partial charge in [0, 0.05) is 10.6 Å². The van der Waals surface area contributed by atoms with Gasteiger partial charge in [-0.05, 0) is 25.0 Å². The number of nitrogens with two attached hydrogens (primary N) is 1. The molecule has 0 bridgehead atoms. The van der Waals surface area contributed by atoms with E-state index in [-0.39, 0.29) is 6.10 Å². The maximum absolute atomic E-state index is 9.34. The Bertz CT molecular complexity index is 375.